The number of carbonyl (C=O) groups is 4. The molecule has 1 aliphatic rings. The van der Waals surface area contributed by atoms with Gasteiger partial charge in [0.25, 0.3) is 0 Å². The molecule has 1 aliphatic carbocycles. The van der Waals surface area contributed by atoms with Crippen LogP contribution in [0.2, 0.25) is 0 Å². The lowest BCUT2D eigenvalue weighted by Crippen LogP contribution is -2.46. The van der Waals surface area contributed by atoms with Crippen molar-refractivity contribution in [2.75, 3.05) is 19.7 Å². The number of benzene rings is 2. The molecule has 1 atom stereocenters. The first-order chi connectivity index (χ1) is 15.4. The van der Waals surface area contributed by atoms with Crippen LogP contribution in [0.3, 0.4) is 0 Å². The third-order valence-electron chi connectivity index (χ3n) is 5.22. The summed E-state index contributed by atoms with van der Waals surface area (Å²) < 4.78 is 5.33. The van der Waals surface area contributed by atoms with Crippen LogP contribution in [0.4, 0.5) is 4.79 Å². The van der Waals surface area contributed by atoms with Gasteiger partial charge in [0.05, 0.1) is 6.54 Å². The number of hydrogen-bond acceptors (Lipinski definition) is 5. The molecule has 9 nitrogen and oxygen atoms in total. The molecule has 0 spiro atoms. The van der Waals surface area contributed by atoms with E-state index < -0.39 is 36.5 Å². The lowest BCUT2D eigenvalue weighted by atomic mass is 9.98. The molecule has 3 rings (SSSR count). The fraction of sp³-hybridized carbons (Fsp3) is 0.304. The highest BCUT2D eigenvalue weighted by atomic mass is 16.5. The zero-order chi connectivity index (χ0) is 23.1. The average Bonchev–Trinajstić information content (AvgIpc) is 3.12. The van der Waals surface area contributed by atoms with Gasteiger partial charge in [0.2, 0.25) is 11.8 Å². The van der Waals surface area contributed by atoms with E-state index >= 15 is 0 Å². The Hall–Kier alpha value is -3.88. The van der Waals surface area contributed by atoms with E-state index in [9.17, 15) is 19.2 Å². The van der Waals surface area contributed by atoms with Crippen LogP contribution in [-0.4, -0.2) is 54.7 Å². The van der Waals surface area contributed by atoms with Crippen LogP contribution in [0, 0.1) is 0 Å². The van der Waals surface area contributed by atoms with Crippen molar-refractivity contribution in [3.8, 4) is 11.1 Å². The van der Waals surface area contributed by atoms with Gasteiger partial charge in [-0.15, -0.1) is 0 Å². The Bertz CT molecular complexity index is 977. The van der Waals surface area contributed by atoms with E-state index in [2.05, 4.69) is 16.0 Å². The number of carboxylic acid groups (broad SMARTS) is 1. The van der Waals surface area contributed by atoms with Crippen LogP contribution in [0.5, 0.6) is 0 Å². The van der Waals surface area contributed by atoms with E-state index in [-0.39, 0.29) is 25.5 Å². The molecule has 32 heavy (non-hydrogen) atoms. The molecule has 1 unspecified atom stereocenters. The number of alkyl carbamates (subject to hydrolysis) is 1. The van der Waals surface area contributed by atoms with Crippen LogP contribution in [0.1, 0.15) is 30.4 Å². The van der Waals surface area contributed by atoms with Gasteiger partial charge in [-0.1, -0.05) is 55.5 Å². The Kier molecular flexibility index (Phi) is 7.43. The second kappa shape index (κ2) is 10.4. The summed E-state index contributed by atoms with van der Waals surface area (Å²) in [7, 11) is 0. The quantitative estimate of drug-likeness (QED) is 0.469. The normalized spacial score (nSPS) is 12.8. The Balaban J connectivity index is 1.43. The Labute approximate surface area is 185 Å². The maximum absolute atomic E-state index is 12.1. The van der Waals surface area contributed by atoms with E-state index in [0.717, 1.165) is 22.3 Å². The number of amides is 3. The topological polar surface area (TPSA) is 134 Å². The van der Waals surface area contributed by atoms with Gasteiger partial charge in [-0.25, -0.2) is 9.59 Å². The number of fused-ring (bicyclic) bond motifs is 3. The molecule has 2 aromatic carbocycles. The molecule has 0 aromatic heterocycles. The van der Waals surface area contributed by atoms with E-state index in [0.29, 0.717) is 0 Å². The number of rotatable bonds is 9. The summed E-state index contributed by atoms with van der Waals surface area (Å²) in [6, 6.07) is 14.9. The van der Waals surface area contributed by atoms with Gasteiger partial charge >= 0.3 is 12.1 Å². The summed E-state index contributed by atoms with van der Waals surface area (Å²) in [5.74, 6) is -2.47. The monoisotopic (exact) mass is 439 g/mol. The van der Waals surface area contributed by atoms with Gasteiger partial charge in [-0.05, 0) is 28.7 Å². The molecule has 0 saturated heterocycles. The van der Waals surface area contributed by atoms with Crippen molar-refractivity contribution >= 4 is 23.9 Å². The summed E-state index contributed by atoms with van der Waals surface area (Å²) >= 11 is 0. The third-order valence-corrected chi connectivity index (χ3v) is 5.22. The van der Waals surface area contributed by atoms with Crippen molar-refractivity contribution < 1.29 is 29.0 Å². The maximum atomic E-state index is 12.1. The van der Waals surface area contributed by atoms with Gasteiger partial charge < -0.3 is 25.8 Å². The van der Waals surface area contributed by atoms with E-state index in [1.54, 1.807) is 6.92 Å². The Morgan fingerprint density at radius 3 is 2.03 bits per heavy atom. The zero-order valence-corrected chi connectivity index (χ0v) is 17.6. The molecule has 0 saturated carbocycles. The highest BCUT2D eigenvalue weighted by molar-refractivity contribution is 5.89. The maximum Gasteiger partial charge on any atom is 0.407 e. The summed E-state index contributed by atoms with van der Waals surface area (Å²) in [4.78, 5) is 46.5. The number of carboxylic acids is 1. The lowest BCUT2D eigenvalue weighted by Gasteiger charge is -2.15. The fourth-order valence-corrected chi connectivity index (χ4v) is 3.63. The average molecular weight is 439 g/mol. The second-order valence-corrected chi connectivity index (χ2v) is 7.32. The molecule has 0 radical (unpaired) electrons. The lowest BCUT2D eigenvalue weighted by molar-refractivity contribution is -0.141. The summed E-state index contributed by atoms with van der Waals surface area (Å²) in [6.07, 6.45) is -0.526. The highest BCUT2D eigenvalue weighted by Gasteiger charge is 2.29. The molecule has 0 bridgehead atoms. The molecular weight excluding hydrogens is 414 g/mol. The Morgan fingerprint density at radius 1 is 0.906 bits per heavy atom. The number of nitrogens with one attached hydrogen (secondary N) is 3. The van der Waals surface area contributed by atoms with Crippen molar-refractivity contribution in [1.82, 2.24) is 16.0 Å². The highest BCUT2D eigenvalue weighted by Crippen LogP contribution is 2.44. The van der Waals surface area contributed by atoms with Crippen LogP contribution < -0.4 is 16.0 Å². The van der Waals surface area contributed by atoms with Crippen molar-refractivity contribution in [2.24, 2.45) is 0 Å². The number of carbonyl (C=O) groups excluding carboxylic acids is 3. The molecule has 0 fully saturated rings. The van der Waals surface area contributed by atoms with Crippen molar-refractivity contribution in [3.63, 3.8) is 0 Å². The first kappa shape index (κ1) is 22.8. The number of aliphatic carboxylic acids is 1. The Morgan fingerprint density at radius 2 is 1.47 bits per heavy atom. The van der Waals surface area contributed by atoms with Gasteiger partial charge in [0, 0.05) is 5.92 Å². The van der Waals surface area contributed by atoms with Gasteiger partial charge in [-0.3, -0.25) is 9.59 Å². The molecule has 2 aromatic rings. The van der Waals surface area contributed by atoms with E-state index in [1.165, 1.54) is 0 Å². The number of hydrogen-bond donors (Lipinski definition) is 4. The summed E-state index contributed by atoms with van der Waals surface area (Å²) in [6.45, 7) is 0.975. The van der Waals surface area contributed by atoms with Crippen LogP contribution in [0.15, 0.2) is 48.5 Å². The summed E-state index contributed by atoms with van der Waals surface area (Å²) in [5.41, 5.74) is 4.39. The first-order valence-electron chi connectivity index (χ1n) is 10.3. The molecule has 0 aliphatic heterocycles. The van der Waals surface area contributed by atoms with Crippen molar-refractivity contribution in [1.29, 1.82) is 0 Å². The fourth-order valence-electron chi connectivity index (χ4n) is 3.63. The van der Waals surface area contributed by atoms with Crippen molar-refractivity contribution in [3.05, 3.63) is 59.7 Å². The van der Waals surface area contributed by atoms with Gasteiger partial charge in [-0.2, -0.15) is 0 Å². The third kappa shape index (κ3) is 5.42. The molecule has 3 amide bonds. The van der Waals surface area contributed by atoms with Gasteiger partial charge in [0.15, 0.2) is 0 Å². The minimum Gasteiger partial charge on any atom is -0.480 e. The van der Waals surface area contributed by atoms with Crippen LogP contribution >= 0.6 is 0 Å². The SMILES string of the molecule is CCC(NC(=O)CNC(=O)CNC(=O)OCC1c2ccccc2-c2ccccc21)C(=O)O. The predicted octanol–water partition coefficient (Wildman–Crippen LogP) is 1.62. The smallest absolute Gasteiger partial charge is 0.407 e. The standard InChI is InChI=1S/C23H25N3O6/c1-2-19(22(29)30)26-21(28)12-24-20(27)11-25-23(31)32-13-18-16-9-5-3-7-14(16)15-8-4-6-10-17(15)18/h3-10,18-19H,2,11-13H2,1H3,(H,24,27)(H,25,31)(H,26,28)(H,29,30). The van der Waals surface area contributed by atoms with E-state index in [4.69, 9.17) is 9.84 Å². The minimum absolute atomic E-state index is 0.0913. The van der Waals surface area contributed by atoms with Crippen LogP contribution in [0.25, 0.3) is 11.1 Å². The van der Waals surface area contributed by atoms with Crippen molar-refractivity contribution in [2.45, 2.75) is 25.3 Å². The molecular formula is C23H25N3O6. The molecule has 0 heterocycles. The second-order valence-electron chi connectivity index (χ2n) is 7.32. The summed E-state index contributed by atoms with van der Waals surface area (Å²) in [5, 5.41) is 15.9. The minimum atomic E-state index is -1.15. The van der Waals surface area contributed by atoms with Crippen LogP contribution in [-0.2, 0) is 19.1 Å². The number of ether oxygens (including phenoxy) is 1. The zero-order valence-electron chi connectivity index (χ0n) is 17.6. The predicted molar refractivity (Wildman–Crippen MR) is 116 cm³/mol. The first-order valence-corrected chi connectivity index (χ1v) is 10.3. The van der Waals surface area contributed by atoms with Gasteiger partial charge in [0.1, 0.15) is 19.2 Å². The largest absolute Gasteiger partial charge is 0.480 e. The van der Waals surface area contributed by atoms with E-state index in [1.807, 2.05) is 48.5 Å². The molecule has 9 heteroatoms. The molecule has 168 valence electrons. The molecule has 4 N–H and O–H groups in total.